The van der Waals surface area contributed by atoms with Gasteiger partial charge in [0.25, 0.3) is 0 Å². The van der Waals surface area contributed by atoms with Gasteiger partial charge < -0.3 is 38.9 Å². The molecule has 4 N–H and O–H groups in total. The molecule has 6 fully saturated rings. The number of hydrogen-bond acceptors (Lipinski definition) is 8. The Bertz CT molecular complexity index is 3220. The summed E-state index contributed by atoms with van der Waals surface area (Å²) >= 11 is 0. The molecule has 0 amide bonds. The number of hydrogen-bond donors (Lipinski definition) is 4. The highest BCUT2D eigenvalue weighted by Crippen LogP contribution is 2.54. The molecule has 6 saturated heterocycles. The number of aromatic nitrogens is 2. The summed E-state index contributed by atoms with van der Waals surface area (Å²) in [6.45, 7) is 12.8. The molecule has 2 aromatic heterocycles. The average molecular weight is 961 g/mol. The SMILES string of the molecule is C=C[C@H]1C[N@+]2(Cc3cc4ccccc4c(-c4c(O)c(C[N@@+]56CC[C@@H](C[C@@H]5[C@@H](O)c5ccnc7ccc(OC)cc57)[C@@H](C=C)C6)cc5ccccc45)c3O)CC[C@H]1C[C@@H]2[C@@H](O)c1ccnc2ccc(OC)cc12. The molecule has 6 aliphatic heterocycles. The summed E-state index contributed by atoms with van der Waals surface area (Å²) in [6.07, 6.45) is 9.77. The number of benzene rings is 6. The van der Waals surface area contributed by atoms with Crippen molar-refractivity contribution in [1.82, 2.24) is 9.97 Å². The van der Waals surface area contributed by atoms with Crippen molar-refractivity contribution >= 4 is 43.4 Å². The average Bonchev–Trinajstić information content (AvgIpc) is 3.42. The highest BCUT2D eigenvalue weighted by Gasteiger charge is 2.56. The van der Waals surface area contributed by atoms with E-state index < -0.39 is 12.2 Å². The van der Waals surface area contributed by atoms with E-state index in [9.17, 15) is 20.4 Å². The van der Waals surface area contributed by atoms with Crippen LogP contribution in [-0.4, -0.2) is 91.8 Å². The van der Waals surface area contributed by atoms with Gasteiger partial charge >= 0.3 is 0 Å². The minimum Gasteiger partial charge on any atom is -0.507 e. The molecule has 0 saturated carbocycles. The van der Waals surface area contributed by atoms with E-state index >= 15 is 0 Å². The molecule has 10 atom stereocenters. The predicted octanol–water partition coefficient (Wildman–Crippen LogP) is 11.5. The van der Waals surface area contributed by atoms with Gasteiger partial charge in [-0.3, -0.25) is 9.97 Å². The number of nitrogens with zero attached hydrogens (tertiary/aromatic N) is 4. The fourth-order valence-electron chi connectivity index (χ4n) is 14.5. The lowest BCUT2D eigenvalue weighted by Gasteiger charge is -2.58. The van der Waals surface area contributed by atoms with E-state index in [1.54, 1.807) is 26.6 Å². The zero-order valence-electron chi connectivity index (χ0n) is 41.2. The van der Waals surface area contributed by atoms with Gasteiger partial charge in [0.15, 0.2) is 0 Å². The number of rotatable bonds is 13. The van der Waals surface area contributed by atoms with E-state index in [4.69, 9.17) is 9.47 Å². The number of methoxy groups -OCH3 is 2. The standard InChI is InChI=1S/C62H62N4O6/c1-5-37-33-65(25-21-39(37)29-55(65)61(69)49-19-23-63-53-17-15-45(71-3)31-51(49)53)35-43-27-41-11-7-9-13-47(41)57(59(43)67)58-48-14-10-8-12-42(48)28-44(60(58)68)36-66-26-22-40(38(6-2)34-66)30-56(66)62(70)50-20-24-64-54-18-16-46(72-4)32-52(50)54/h5-20,23-24,27-28,31-32,37-40,55-56,61-62,69-70H,1-2,21-22,25-26,29-30,33-36H2,3-4H3/p+2/t37-,38-,39-,40-,55+,56+,61-,62-,65-,66-/m0/s1. The maximum atomic E-state index is 13.2. The minimum absolute atomic E-state index is 0.139. The van der Waals surface area contributed by atoms with Crippen molar-refractivity contribution in [2.45, 2.75) is 63.1 Å². The van der Waals surface area contributed by atoms with Crippen LogP contribution in [0.5, 0.6) is 23.0 Å². The fourth-order valence-corrected chi connectivity index (χ4v) is 14.5. The first-order valence-corrected chi connectivity index (χ1v) is 25.7. The van der Waals surface area contributed by atoms with Crippen molar-refractivity contribution in [2.75, 3.05) is 40.4 Å². The molecule has 0 spiro atoms. The van der Waals surface area contributed by atoms with Crippen molar-refractivity contribution in [2.24, 2.45) is 23.7 Å². The van der Waals surface area contributed by atoms with Crippen LogP contribution in [-0.2, 0) is 13.1 Å². The second-order valence-electron chi connectivity index (χ2n) is 21.5. The van der Waals surface area contributed by atoms with Gasteiger partial charge in [0.2, 0.25) is 0 Å². The number of piperidine rings is 6. The van der Waals surface area contributed by atoms with Gasteiger partial charge in [0, 0.05) is 82.9 Å². The van der Waals surface area contributed by atoms with Gasteiger partial charge in [0.05, 0.1) is 51.4 Å². The first-order chi connectivity index (χ1) is 35.1. The van der Waals surface area contributed by atoms with Crippen molar-refractivity contribution < 1.29 is 38.9 Å². The number of fused-ring (bicyclic) bond motifs is 10. The molecule has 8 heterocycles. The third-order valence-electron chi connectivity index (χ3n) is 18.1. The maximum Gasteiger partial charge on any atom is 0.133 e. The van der Waals surface area contributed by atoms with Crippen LogP contribution in [0.2, 0.25) is 0 Å². The summed E-state index contributed by atoms with van der Waals surface area (Å²) in [5, 5.41) is 57.3. The first kappa shape index (κ1) is 46.3. The summed E-state index contributed by atoms with van der Waals surface area (Å²) in [5.41, 5.74) is 6.01. The minimum atomic E-state index is -0.807. The largest absolute Gasteiger partial charge is 0.507 e. The van der Waals surface area contributed by atoms with E-state index in [1.165, 1.54) is 0 Å². The molecule has 8 aromatic rings. The number of pyridine rings is 2. The van der Waals surface area contributed by atoms with Gasteiger partial charge in [0.1, 0.15) is 60.4 Å². The number of phenolic OH excluding ortho intramolecular Hbond substituents is 2. The number of phenols is 2. The van der Waals surface area contributed by atoms with Crippen LogP contribution in [0.15, 0.2) is 147 Å². The lowest BCUT2D eigenvalue weighted by Crippen LogP contribution is -2.67. The molecule has 0 unspecified atom stereocenters. The second kappa shape index (κ2) is 18.0. The number of aliphatic hydroxyl groups is 2. The molecule has 0 aliphatic carbocycles. The topological polar surface area (TPSA) is 125 Å². The number of quaternary nitrogens is 2. The summed E-state index contributed by atoms with van der Waals surface area (Å²) in [7, 11) is 3.31. The van der Waals surface area contributed by atoms with Crippen molar-refractivity contribution in [3.63, 3.8) is 0 Å². The summed E-state index contributed by atoms with van der Waals surface area (Å²) in [5.74, 6) is 3.01. The maximum absolute atomic E-state index is 13.2. The molecule has 72 heavy (non-hydrogen) atoms. The molecule has 4 bridgehead atoms. The molecule has 6 aromatic carbocycles. The van der Waals surface area contributed by atoms with Crippen molar-refractivity contribution in [3.05, 3.63) is 169 Å². The van der Waals surface area contributed by atoms with E-state index in [0.29, 0.717) is 56.5 Å². The van der Waals surface area contributed by atoms with Gasteiger partial charge in [-0.05, 0) is 105 Å². The Morgan fingerprint density at radius 2 is 1.01 bits per heavy atom. The van der Waals surface area contributed by atoms with Gasteiger partial charge in [-0.15, -0.1) is 13.2 Å². The van der Waals surface area contributed by atoms with Gasteiger partial charge in [-0.2, -0.15) is 0 Å². The van der Waals surface area contributed by atoms with E-state index in [0.717, 1.165) is 117 Å². The number of aliphatic hydroxyl groups excluding tert-OH is 2. The van der Waals surface area contributed by atoms with Crippen LogP contribution in [0.3, 0.4) is 0 Å². The molecule has 0 radical (unpaired) electrons. The fraction of sp³-hybridized carbons (Fsp3) is 0.323. The summed E-state index contributed by atoms with van der Waals surface area (Å²) < 4.78 is 12.4. The lowest BCUT2D eigenvalue weighted by molar-refractivity contribution is -0.985. The third-order valence-corrected chi connectivity index (χ3v) is 18.1. The Balaban J connectivity index is 0.987. The predicted molar refractivity (Wildman–Crippen MR) is 285 cm³/mol. The zero-order chi connectivity index (χ0) is 49.5. The van der Waals surface area contributed by atoms with E-state index in [-0.39, 0.29) is 35.4 Å². The number of ether oxygens (including phenoxy) is 2. The number of aromatic hydroxyl groups is 2. The molecular weight excluding hydrogens is 897 g/mol. The van der Waals surface area contributed by atoms with Crippen molar-refractivity contribution in [3.8, 4) is 34.1 Å². The van der Waals surface area contributed by atoms with E-state index in [1.807, 2.05) is 84.9 Å². The Labute approximate surface area is 420 Å². The molecule has 6 aliphatic rings. The van der Waals surface area contributed by atoms with Crippen LogP contribution < -0.4 is 9.47 Å². The highest BCUT2D eigenvalue weighted by atomic mass is 16.5. The van der Waals surface area contributed by atoms with Crippen LogP contribution in [0.1, 0.15) is 60.1 Å². The molecule has 10 nitrogen and oxygen atoms in total. The molecule has 14 rings (SSSR count). The highest BCUT2D eigenvalue weighted by molar-refractivity contribution is 6.10. The van der Waals surface area contributed by atoms with Crippen LogP contribution in [0.4, 0.5) is 0 Å². The van der Waals surface area contributed by atoms with Gasteiger partial charge in [-0.25, -0.2) is 0 Å². The van der Waals surface area contributed by atoms with Crippen molar-refractivity contribution in [1.29, 1.82) is 0 Å². The summed E-state index contributed by atoms with van der Waals surface area (Å²) in [6, 6.07) is 35.8. The van der Waals surface area contributed by atoms with Gasteiger partial charge in [-0.1, -0.05) is 60.7 Å². The Kier molecular flexibility index (Phi) is 11.6. The first-order valence-electron chi connectivity index (χ1n) is 25.7. The third kappa shape index (κ3) is 7.44. The van der Waals surface area contributed by atoms with Crippen LogP contribution in [0, 0.1) is 23.7 Å². The quantitative estimate of drug-likeness (QED) is 0.0665. The molecule has 366 valence electrons. The summed E-state index contributed by atoms with van der Waals surface area (Å²) in [4.78, 5) is 9.29. The van der Waals surface area contributed by atoms with Crippen LogP contribution >= 0.6 is 0 Å². The zero-order valence-corrected chi connectivity index (χ0v) is 41.2. The monoisotopic (exact) mass is 960 g/mol. The Hall–Kier alpha value is -6.82. The smallest absolute Gasteiger partial charge is 0.133 e. The molecular formula is C62H64N4O6+2. The normalized spacial score (nSPS) is 26.5. The van der Waals surface area contributed by atoms with Crippen LogP contribution in [0.25, 0.3) is 54.5 Å². The molecule has 10 heteroatoms. The Morgan fingerprint density at radius 3 is 1.43 bits per heavy atom. The Morgan fingerprint density at radius 1 is 0.583 bits per heavy atom. The van der Waals surface area contributed by atoms with E-state index in [2.05, 4.69) is 59.5 Å². The second-order valence-corrected chi connectivity index (χ2v) is 21.5. The lowest BCUT2D eigenvalue weighted by atomic mass is 9.71.